The molecule has 12 heavy (non-hydrogen) atoms. The number of likely N-dealkylation sites (N-methyl/N-ethyl adjacent to an activating group) is 1. The molecule has 0 saturated carbocycles. The van der Waals surface area contributed by atoms with Crippen LogP contribution < -0.4 is 0 Å². The van der Waals surface area contributed by atoms with Crippen LogP contribution in [-0.2, 0) is 0 Å². The monoisotopic (exact) mass is 165 g/mol. The molecule has 0 amide bonds. The van der Waals surface area contributed by atoms with E-state index in [4.69, 9.17) is 0 Å². The highest BCUT2D eigenvalue weighted by Gasteiger charge is 2.23. The Hall–Kier alpha value is -0.790. The van der Waals surface area contributed by atoms with Crippen LogP contribution in [0, 0.1) is 0 Å². The average Bonchev–Trinajstić information content (AvgIpc) is 2.30. The molecule has 2 heterocycles. The van der Waals surface area contributed by atoms with Gasteiger partial charge in [-0.2, -0.15) is 0 Å². The Morgan fingerprint density at radius 1 is 1.33 bits per heavy atom. The minimum absolute atomic E-state index is 1.09. The van der Waals surface area contributed by atoms with E-state index in [9.17, 15) is 0 Å². The van der Waals surface area contributed by atoms with Crippen LogP contribution in [0.2, 0.25) is 0 Å². The Morgan fingerprint density at radius 2 is 2.25 bits per heavy atom. The molecule has 0 bridgehead atoms. The molecule has 0 aliphatic carbocycles. The topological polar surface area (TPSA) is 6.25 Å². The summed E-state index contributed by atoms with van der Waals surface area (Å²) in [5.41, 5.74) is 0. The third kappa shape index (κ3) is 1.38. The van der Waals surface area contributed by atoms with Gasteiger partial charge in [-0.25, -0.2) is 4.90 Å². The molecule has 2 heteroatoms. The summed E-state index contributed by atoms with van der Waals surface area (Å²) in [6, 6.07) is 0. The van der Waals surface area contributed by atoms with E-state index in [1.54, 1.807) is 0 Å². The third-order valence-corrected chi connectivity index (χ3v) is 2.74. The minimum atomic E-state index is 1.09. The third-order valence-electron chi connectivity index (χ3n) is 2.74. The smallest absolute Gasteiger partial charge is 0.251 e. The highest BCUT2D eigenvalue weighted by Crippen LogP contribution is 2.14. The van der Waals surface area contributed by atoms with E-state index in [-0.39, 0.29) is 0 Å². The van der Waals surface area contributed by atoms with Crippen LogP contribution in [0.5, 0.6) is 0 Å². The summed E-state index contributed by atoms with van der Waals surface area (Å²) in [6.07, 6.45) is 9.86. The van der Waals surface area contributed by atoms with Crippen LogP contribution in [-0.4, -0.2) is 35.4 Å². The van der Waals surface area contributed by atoms with Gasteiger partial charge in [0.05, 0.1) is 19.8 Å². The largest absolute Gasteiger partial charge is 0.264 e. The quantitative estimate of drug-likeness (QED) is 0.492. The van der Waals surface area contributed by atoms with Gasteiger partial charge in [0.2, 0.25) is 0 Å². The van der Waals surface area contributed by atoms with Gasteiger partial charge in [0.25, 0.3) is 5.84 Å². The second kappa shape index (κ2) is 3.30. The first-order valence-corrected chi connectivity index (χ1v) is 4.88. The van der Waals surface area contributed by atoms with Crippen molar-refractivity contribution < 1.29 is 4.58 Å². The van der Waals surface area contributed by atoms with Gasteiger partial charge in [-0.1, -0.05) is 0 Å². The van der Waals surface area contributed by atoms with Gasteiger partial charge in [0.15, 0.2) is 0 Å². The van der Waals surface area contributed by atoms with Gasteiger partial charge in [0.1, 0.15) is 6.54 Å². The summed E-state index contributed by atoms with van der Waals surface area (Å²) >= 11 is 0. The molecule has 0 spiro atoms. The SMILES string of the molecule is C[N+]1=C2CCCCCN2C=CC1. The van der Waals surface area contributed by atoms with Crippen molar-refractivity contribution in [3.8, 4) is 0 Å². The maximum Gasteiger partial charge on any atom is 0.251 e. The van der Waals surface area contributed by atoms with E-state index < -0.39 is 0 Å². The molecular weight excluding hydrogens is 148 g/mol. The molecule has 1 saturated heterocycles. The molecule has 0 aromatic carbocycles. The van der Waals surface area contributed by atoms with Gasteiger partial charge in [-0.3, -0.25) is 4.58 Å². The fraction of sp³-hybridized carbons (Fsp3) is 0.700. The molecule has 0 atom stereocenters. The second-order valence-electron chi connectivity index (χ2n) is 3.69. The molecule has 0 radical (unpaired) electrons. The van der Waals surface area contributed by atoms with Crippen LogP contribution in [0.1, 0.15) is 25.7 Å². The predicted octanol–water partition coefficient (Wildman–Crippen LogP) is 1.43. The highest BCUT2D eigenvalue weighted by atomic mass is 15.2. The predicted molar refractivity (Wildman–Crippen MR) is 50.4 cm³/mol. The first-order chi connectivity index (χ1) is 5.88. The number of hydrogen-bond donors (Lipinski definition) is 0. The lowest BCUT2D eigenvalue weighted by atomic mass is 10.2. The van der Waals surface area contributed by atoms with E-state index in [0.717, 1.165) is 6.54 Å². The summed E-state index contributed by atoms with van der Waals surface area (Å²) in [4.78, 5) is 2.41. The minimum Gasteiger partial charge on any atom is -0.264 e. The molecule has 1 fully saturated rings. The zero-order valence-electron chi connectivity index (χ0n) is 7.79. The Balaban J connectivity index is 2.21. The van der Waals surface area contributed by atoms with Crippen molar-refractivity contribution in [1.82, 2.24) is 4.90 Å². The normalized spacial score (nSPS) is 23.9. The molecule has 0 unspecified atom stereocenters. The van der Waals surface area contributed by atoms with Crippen molar-refractivity contribution in [2.24, 2.45) is 0 Å². The lowest BCUT2D eigenvalue weighted by molar-refractivity contribution is -0.494. The van der Waals surface area contributed by atoms with Crippen molar-refractivity contribution >= 4 is 5.84 Å². The molecule has 2 nitrogen and oxygen atoms in total. The van der Waals surface area contributed by atoms with Crippen LogP contribution in [0.4, 0.5) is 0 Å². The van der Waals surface area contributed by atoms with E-state index >= 15 is 0 Å². The van der Waals surface area contributed by atoms with E-state index in [0.29, 0.717) is 0 Å². The Bertz CT molecular complexity index is 228. The first kappa shape index (κ1) is 7.84. The van der Waals surface area contributed by atoms with Crippen LogP contribution in [0.25, 0.3) is 0 Å². The molecule has 0 aromatic heterocycles. The van der Waals surface area contributed by atoms with Crippen molar-refractivity contribution in [2.45, 2.75) is 25.7 Å². The molecule has 2 rings (SSSR count). The molecule has 2 aliphatic rings. The summed E-state index contributed by atoms with van der Waals surface area (Å²) < 4.78 is 2.37. The fourth-order valence-corrected chi connectivity index (χ4v) is 2.02. The van der Waals surface area contributed by atoms with Crippen LogP contribution in [0.15, 0.2) is 12.3 Å². The van der Waals surface area contributed by atoms with Crippen molar-refractivity contribution in [1.29, 1.82) is 0 Å². The standard InChI is InChI=1S/C10H17N2/c1-11-7-5-9-12-8-4-2-3-6-10(11)12/h5,9H,2-4,6-8H2,1H3/q+1. The maximum atomic E-state index is 2.41. The lowest BCUT2D eigenvalue weighted by Gasteiger charge is -2.18. The fourth-order valence-electron chi connectivity index (χ4n) is 2.02. The number of rotatable bonds is 0. The summed E-state index contributed by atoms with van der Waals surface area (Å²) in [5, 5.41) is 0. The summed E-state index contributed by atoms with van der Waals surface area (Å²) in [7, 11) is 2.19. The molecule has 2 aliphatic heterocycles. The van der Waals surface area contributed by atoms with E-state index in [2.05, 4.69) is 28.8 Å². The second-order valence-corrected chi connectivity index (χ2v) is 3.69. The molecule has 66 valence electrons. The van der Waals surface area contributed by atoms with Gasteiger partial charge in [0, 0.05) is 6.42 Å². The zero-order valence-corrected chi connectivity index (χ0v) is 7.79. The molecular formula is C10H17N2+. The van der Waals surface area contributed by atoms with Crippen molar-refractivity contribution in [3.63, 3.8) is 0 Å². The average molecular weight is 165 g/mol. The summed E-state index contributed by atoms with van der Waals surface area (Å²) in [6.45, 7) is 2.31. The Kier molecular flexibility index (Phi) is 2.15. The van der Waals surface area contributed by atoms with Crippen LogP contribution in [0.3, 0.4) is 0 Å². The highest BCUT2D eigenvalue weighted by molar-refractivity contribution is 5.79. The molecule has 0 aromatic rings. The first-order valence-electron chi connectivity index (χ1n) is 4.88. The Morgan fingerprint density at radius 3 is 3.17 bits per heavy atom. The number of amidine groups is 1. The number of hydrogen-bond acceptors (Lipinski definition) is 1. The van der Waals surface area contributed by atoms with Crippen molar-refractivity contribution in [2.75, 3.05) is 20.1 Å². The summed E-state index contributed by atoms with van der Waals surface area (Å²) in [5.74, 6) is 1.52. The number of nitrogens with zero attached hydrogens (tertiary/aromatic N) is 2. The van der Waals surface area contributed by atoms with Gasteiger partial charge in [-0.15, -0.1) is 0 Å². The zero-order chi connectivity index (χ0) is 8.39. The maximum absolute atomic E-state index is 2.41. The van der Waals surface area contributed by atoms with Gasteiger partial charge in [-0.05, 0) is 25.3 Å². The van der Waals surface area contributed by atoms with Gasteiger partial charge < -0.3 is 0 Å². The van der Waals surface area contributed by atoms with Crippen molar-refractivity contribution in [3.05, 3.63) is 12.3 Å². The Labute approximate surface area is 74.2 Å². The van der Waals surface area contributed by atoms with E-state index in [1.807, 2.05) is 0 Å². The van der Waals surface area contributed by atoms with E-state index in [1.165, 1.54) is 38.1 Å². The van der Waals surface area contributed by atoms with Crippen LogP contribution >= 0.6 is 0 Å². The lowest BCUT2D eigenvalue weighted by Crippen LogP contribution is -2.35. The van der Waals surface area contributed by atoms with Gasteiger partial charge >= 0.3 is 0 Å². The number of fused-ring (bicyclic) bond motifs is 1. The molecule has 0 N–H and O–H groups in total.